The Labute approximate surface area is 202 Å². The van der Waals surface area contributed by atoms with Crippen LogP contribution in [0.25, 0.3) is 0 Å². The van der Waals surface area contributed by atoms with Crippen LogP contribution in [0, 0.1) is 20.8 Å². The Morgan fingerprint density at radius 3 is 2.35 bits per heavy atom. The van der Waals surface area contributed by atoms with Crippen LogP contribution in [0.4, 0.5) is 0 Å². The van der Waals surface area contributed by atoms with Crippen LogP contribution < -0.4 is 5.32 Å². The predicted molar refractivity (Wildman–Crippen MR) is 133 cm³/mol. The summed E-state index contributed by atoms with van der Waals surface area (Å²) in [5.74, 6) is 0.678. The van der Waals surface area contributed by atoms with E-state index in [1.807, 2.05) is 0 Å². The van der Waals surface area contributed by atoms with Gasteiger partial charge in [-0.25, -0.2) is 8.42 Å². The highest BCUT2D eigenvalue weighted by Crippen LogP contribution is 2.17. The van der Waals surface area contributed by atoms with Crippen LogP contribution >= 0.6 is 24.0 Å². The van der Waals surface area contributed by atoms with Gasteiger partial charge in [0, 0.05) is 45.8 Å². The molecular weight excluding hydrogens is 529 g/mol. The molecule has 0 amide bonds. The number of benzene rings is 1. The summed E-state index contributed by atoms with van der Waals surface area (Å²) in [7, 11) is -1.64. The molecule has 31 heavy (non-hydrogen) atoms. The van der Waals surface area contributed by atoms with Crippen LogP contribution in [-0.2, 0) is 22.2 Å². The van der Waals surface area contributed by atoms with Gasteiger partial charge in [0.1, 0.15) is 12.0 Å². The highest BCUT2D eigenvalue weighted by Gasteiger charge is 2.28. The normalized spacial score (nSPS) is 15.6. The fourth-order valence-corrected chi connectivity index (χ4v) is 5.43. The van der Waals surface area contributed by atoms with Crippen molar-refractivity contribution in [2.24, 2.45) is 4.99 Å². The molecule has 8 nitrogen and oxygen atoms in total. The molecule has 1 aliphatic rings. The minimum Gasteiger partial charge on any atom is -0.364 e. The average Bonchev–Trinajstić information content (AvgIpc) is 3.19. The van der Waals surface area contributed by atoms with Crippen LogP contribution in [0.5, 0.6) is 0 Å². The van der Waals surface area contributed by atoms with E-state index in [0.29, 0.717) is 31.9 Å². The zero-order valence-corrected chi connectivity index (χ0v) is 21.7. The number of hydrogen-bond donors (Lipinski definition) is 1. The maximum Gasteiger partial charge on any atom is 0.220 e. The van der Waals surface area contributed by atoms with Crippen molar-refractivity contribution in [2.45, 2.75) is 32.9 Å². The number of piperazine rings is 1. The van der Waals surface area contributed by atoms with E-state index in [9.17, 15) is 8.42 Å². The topological polar surface area (TPSA) is 91.0 Å². The Morgan fingerprint density at radius 1 is 1.16 bits per heavy atom. The molecule has 1 fully saturated rings. The summed E-state index contributed by atoms with van der Waals surface area (Å²) in [4.78, 5) is 6.50. The molecule has 0 spiro atoms. The van der Waals surface area contributed by atoms with Gasteiger partial charge in [-0.15, -0.1) is 24.0 Å². The molecule has 1 aromatic carbocycles. The first kappa shape index (κ1) is 25.6. The first-order valence-electron chi connectivity index (χ1n) is 10.2. The van der Waals surface area contributed by atoms with E-state index in [0.717, 1.165) is 18.9 Å². The second-order valence-corrected chi connectivity index (χ2v) is 9.70. The van der Waals surface area contributed by atoms with Gasteiger partial charge >= 0.3 is 0 Å². The standard InChI is InChI=1S/C21H31N5O3S.HI/c1-16-13-17(2)20(18(3)14-16)5-7-23-21(22-4)25-8-10-26(11-9-25)30(27,28)15-19-6-12-29-24-19;/h6,12-14H,5,7-11,15H2,1-4H3,(H,22,23);1H. The number of sulfonamides is 1. The smallest absolute Gasteiger partial charge is 0.220 e. The number of guanidine groups is 1. The van der Waals surface area contributed by atoms with Crippen LogP contribution in [0.3, 0.4) is 0 Å². The molecule has 0 bridgehead atoms. The van der Waals surface area contributed by atoms with Gasteiger partial charge in [0.05, 0.1) is 5.69 Å². The number of nitrogens with zero attached hydrogens (tertiary/aromatic N) is 4. The van der Waals surface area contributed by atoms with Gasteiger partial charge in [-0.1, -0.05) is 22.9 Å². The van der Waals surface area contributed by atoms with E-state index in [4.69, 9.17) is 4.52 Å². The molecule has 1 aromatic heterocycles. The van der Waals surface area contributed by atoms with Crippen molar-refractivity contribution in [1.29, 1.82) is 0 Å². The molecule has 0 unspecified atom stereocenters. The molecule has 1 saturated heterocycles. The lowest BCUT2D eigenvalue weighted by molar-refractivity contribution is 0.260. The van der Waals surface area contributed by atoms with E-state index < -0.39 is 10.0 Å². The third-order valence-electron chi connectivity index (χ3n) is 5.46. The van der Waals surface area contributed by atoms with Gasteiger partial charge in [-0.05, 0) is 43.9 Å². The Morgan fingerprint density at radius 2 is 1.81 bits per heavy atom. The number of hydrogen-bond acceptors (Lipinski definition) is 5. The first-order valence-corrected chi connectivity index (χ1v) is 11.8. The highest BCUT2D eigenvalue weighted by atomic mass is 127. The third-order valence-corrected chi connectivity index (χ3v) is 7.28. The SMILES string of the molecule is CN=C(NCCc1c(C)cc(C)cc1C)N1CCN(S(=O)(=O)Cc2ccon2)CC1.I. The second kappa shape index (κ2) is 11.3. The number of aryl methyl sites for hydroxylation is 3. The number of aliphatic imine (C=N–C) groups is 1. The quantitative estimate of drug-likeness (QED) is 0.331. The molecular formula is C21H32IN5O3S. The maximum absolute atomic E-state index is 12.6. The van der Waals surface area contributed by atoms with Crippen LogP contribution in [-0.4, -0.2) is 68.5 Å². The summed E-state index contributed by atoms with van der Waals surface area (Å²) in [6.07, 6.45) is 2.31. The van der Waals surface area contributed by atoms with Crippen molar-refractivity contribution in [3.05, 3.63) is 52.4 Å². The predicted octanol–water partition coefficient (Wildman–Crippen LogP) is 2.48. The zero-order chi connectivity index (χ0) is 21.7. The van der Waals surface area contributed by atoms with Crippen molar-refractivity contribution in [3.63, 3.8) is 0 Å². The molecule has 172 valence electrons. The summed E-state index contributed by atoms with van der Waals surface area (Å²) in [6, 6.07) is 6.02. The zero-order valence-electron chi connectivity index (χ0n) is 18.6. The number of rotatable bonds is 6. The van der Waals surface area contributed by atoms with E-state index >= 15 is 0 Å². The van der Waals surface area contributed by atoms with E-state index in [1.165, 1.54) is 32.8 Å². The molecule has 0 radical (unpaired) electrons. The molecule has 0 atom stereocenters. The lowest BCUT2D eigenvalue weighted by atomic mass is 9.97. The third kappa shape index (κ3) is 6.66. The van der Waals surface area contributed by atoms with Crippen LogP contribution in [0.1, 0.15) is 27.9 Å². The molecule has 3 rings (SSSR count). The van der Waals surface area contributed by atoms with Crippen molar-refractivity contribution in [3.8, 4) is 0 Å². The molecule has 10 heteroatoms. The van der Waals surface area contributed by atoms with Crippen LogP contribution in [0.15, 0.2) is 34.0 Å². The lowest BCUT2D eigenvalue weighted by Crippen LogP contribution is -2.54. The molecule has 0 aliphatic carbocycles. The van der Waals surface area contributed by atoms with E-state index in [1.54, 1.807) is 13.1 Å². The van der Waals surface area contributed by atoms with Crippen molar-refractivity contribution < 1.29 is 12.9 Å². The Balaban J connectivity index is 0.00000341. The van der Waals surface area contributed by atoms with Crippen LogP contribution in [0.2, 0.25) is 0 Å². The number of aromatic nitrogens is 1. The number of nitrogens with one attached hydrogen (secondary N) is 1. The van der Waals surface area contributed by atoms with Crippen molar-refractivity contribution in [1.82, 2.24) is 19.7 Å². The lowest BCUT2D eigenvalue weighted by Gasteiger charge is -2.35. The summed E-state index contributed by atoms with van der Waals surface area (Å²) in [6.45, 7) is 9.26. The van der Waals surface area contributed by atoms with Gasteiger partial charge < -0.3 is 14.7 Å². The average molecular weight is 561 g/mol. The highest BCUT2D eigenvalue weighted by molar-refractivity contribution is 14.0. The van der Waals surface area contributed by atoms with Gasteiger partial charge in [-0.3, -0.25) is 4.99 Å². The van der Waals surface area contributed by atoms with E-state index in [-0.39, 0.29) is 29.7 Å². The van der Waals surface area contributed by atoms with E-state index in [2.05, 4.69) is 53.3 Å². The first-order chi connectivity index (χ1) is 14.3. The fraction of sp³-hybridized carbons (Fsp3) is 0.524. The monoisotopic (exact) mass is 561 g/mol. The number of halogens is 1. The summed E-state index contributed by atoms with van der Waals surface area (Å²) < 4.78 is 31.4. The van der Waals surface area contributed by atoms with Gasteiger partial charge in [0.2, 0.25) is 10.0 Å². The minimum atomic E-state index is -3.40. The fourth-order valence-electron chi connectivity index (χ4n) is 4.00. The van der Waals surface area contributed by atoms with Gasteiger partial charge in [0.15, 0.2) is 5.96 Å². The molecule has 0 saturated carbocycles. The Bertz CT molecular complexity index is 961. The van der Waals surface area contributed by atoms with Gasteiger partial charge in [0.25, 0.3) is 0 Å². The summed E-state index contributed by atoms with van der Waals surface area (Å²) >= 11 is 0. The summed E-state index contributed by atoms with van der Waals surface area (Å²) in [5, 5.41) is 7.14. The van der Waals surface area contributed by atoms with Crippen molar-refractivity contribution >= 4 is 40.0 Å². The Hall–Kier alpha value is -1.66. The molecule has 1 N–H and O–H groups in total. The molecule has 2 heterocycles. The maximum atomic E-state index is 12.6. The largest absolute Gasteiger partial charge is 0.364 e. The Kier molecular flexibility index (Phi) is 9.31. The molecule has 2 aromatic rings. The summed E-state index contributed by atoms with van der Waals surface area (Å²) in [5.41, 5.74) is 5.71. The van der Waals surface area contributed by atoms with Gasteiger partial charge in [-0.2, -0.15) is 4.31 Å². The molecule has 1 aliphatic heterocycles. The second-order valence-electron chi connectivity index (χ2n) is 7.73. The van der Waals surface area contributed by atoms with Crippen molar-refractivity contribution in [2.75, 3.05) is 39.8 Å². The minimum absolute atomic E-state index is 0.